The van der Waals surface area contributed by atoms with Crippen LogP contribution in [0.5, 0.6) is 11.5 Å². The van der Waals surface area contributed by atoms with E-state index < -0.39 is 0 Å². The minimum Gasteiger partial charge on any atom is -0.457 e. The first-order chi connectivity index (χ1) is 18.4. The number of urea groups is 1. The van der Waals surface area contributed by atoms with Crippen LogP contribution in [-0.2, 0) is 9.53 Å². The van der Waals surface area contributed by atoms with E-state index in [-0.39, 0.29) is 41.4 Å². The number of hydrogen-bond acceptors (Lipinski definition) is 7. The number of thioether (sulfide) groups is 1. The van der Waals surface area contributed by atoms with Gasteiger partial charge in [-0.15, -0.1) is 0 Å². The third-order valence-corrected chi connectivity index (χ3v) is 9.18. The van der Waals surface area contributed by atoms with Gasteiger partial charge in [0.15, 0.2) is 0 Å². The number of carbonyl (C=O) groups excluding carboxylic acids is 2. The van der Waals surface area contributed by atoms with Gasteiger partial charge >= 0.3 is 6.03 Å². The molecule has 0 bridgehead atoms. The standard InChI is InChI=1S/C28H33N5O4S/c1-16-13-18(37-17-7-5-4-6-8-17)9-10-20(16)33-21-11-12-29-27-23(21)24(31-28(33)35)25(38-27)26(34)30-19-14-32(2)15-22(19)36-3/h4-10,13,19,21-23,27,29H,11-12,14-15H2,1-3H3,(H,30,34)(H,31,35)/t19-,21?,22+,23?,27?/m0/s1. The second-order valence-corrected chi connectivity index (χ2v) is 11.5. The predicted octanol–water partition coefficient (Wildman–Crippen LogP) is 3.02. The molecule has 0 saturated carbocycles. The van der Waals surface area contributed by atoms with Crippen molar-refractivity contribution in [3.63, 3.8) is 0 Å². The lowest BCUT2D eigenvalue weighted by molar-refractivity contribution is -0.118. The van der Waals surface area contributed by atoms with Gasteiger partial charge in [0.25, 0.3) is 5.91 Å². The van der Waals surface area contributed by atoms with Crippen LogP contribution in [0.3, 0.4) is 0 Å². The van der Waals surface area contributed by atoms with Gasteiger partial charge < -0.3 is 30.3 Å². The Kier molecular flexibility index (Phi) is 6.81. The number of carbonyl (C=O) groups is 2. The van der Waals surface area contributed by atoms with Gasteiger partial charge in [0, 0.05) is 37.5 Å². The van der Waals surface area contributed by atoms with Crippen LogP contribution < -0.4 is 25.6 Å². The monoisotopic (exact) mass is 535 g/mol. The number of likely N-dealkylation sites (N-methyl/N-ethyl adjacent to an activating group) is 1. The van der Waals surface area contributed by atoms with Crippen molar-refractivity contribution in [3.8, 4) is 11.5 Å². The average molecular weight is 536 g/mol. The van der Waals surface area contributed by atoms with E-state index in [9.17, 15) is 9.59 Å². The second kappa shape index (κ2) is 10.3. The van der Waals surface area contributed by atoms with Gasteiger partial charge in [-0.3, -0.25) is 9.69 Å². The van der Waals surface area contributed by atoms with E-state index >= 15 is 0 Å². The Balaban J connectivity index is 1.25. The summed E-state index contributed by atoms with van der Waals surface area (Å²) in [6, 6.07) is 15.1. The van der Waals surface area contributed by atoms with E-state index in [1.54, 1.807) is 7.11 Å². The van der Waals surface area contributed by atoms with Crippen LogP contribution >= 0.6 is 11.8 Å². The van der Waals surface area contributed by atoms with Crippen LogP contribution in [0.4, 0.5) is 10.5 Å². The number of para-hydroxylation sites is 1. The highest BCUT2D eigenvalue weighted by Gasteiger charge is 2.52. The molecule has 38 heavy (non-hydrogen) atoms. The fourth-order valence-corrected chi connectivity index (χ4v) is 7.46. The quantitative estimate of drug-likeness (QED) is 0.524. The maximum Gasteiger partial charge on any atom is 0.326 e. The smallest absolute Gasteiger partial charge is 0.326 e. The number of rotatable bonds is 6. The van der Waals surface area contributed by atoms with Crippen LogP contribution in [0.25, 0.3) is 0 Å². The maximum atomic E-state index is 13.6. The van der Waals surface area contributed by atoms with Crippen molar-refractivity contribution in [2.24, 2.45) is 5.92 Å². The molecule has 2 aromatic carbocycles. The highest BCUT2D eigenvalue weighted by Crippen LogP contribution is 2.48. The first-order valence-corrected chi connectivity index (χ1v) is 13.9. The molecule has 2 aromatic rings. The van der Waals surface area contributed by atoms with Crippen LogP contribution in [0.1, 0.15) is 12.0 Å². The molecule has 3 fully saturated rings. The molecule has 0 spiro atoms. The van der Waals surface area contributed by atoms with Crippen molar-refractivity contribution in [1.82, 2.24) is 20.9 Å². The summed E-state index contributed by atoms with van der Waals surface area (Å²) in [6.45, 7) is 4.28. The van der Waals surface area contributed by atoms with E-state index in [0.29, 0.717) is 4.91 Å². The number of methoxy groups -OCH3 is 1. The summed E-state index contributed by atoms with van der Waals surface area (Å²) < 4.78 is 11.6. The van der Waals surface area contributed by atoms with E-state index in [0.717, 1.165) is 54.5 Å². The summed E-state index contributed by atoms with van der Waals surface area (Å²) in [5.41, 5.74) is 2.54. The number of aryl methyl sites for hydroxylation is 1. The topological polar surface area (TPSA) is 95.2 Å². The van der Waals surface area contributed by atoms with Gasteiger partial charge in [-0.1, -0.05) is 30.0 Å². The molecule has 4 heterocycles. The fraction of sp³-hybridized carbons (Fsp3) is 0.429. The fourth-order valence-electron chi connectivity index (χ4n) is 6.06. The lowest BCUT2D eigenvalue weighted by Crippen LogP contribution is -2.62. The van der Waals surface area contributed by atoms with Gasteiger partial charge in [-0.05, 0) is 62.8 Å². The zero-order valence-electron chi connectivity index (χ0n) is 21.8. The summed E-state index contributed by atoms with van der Waals surface area (Å²) in [7, 11) is 3.70. The maximum absolute atomic E-state index is 13.6. The van der Waals surface area contributed by atoms with Crippen molar-refractivity contribution < 1.29 is 19.1 Å². The number of anilines is 1. The summed E-state index contributed by atoms with van der Waals surface area (Å²) in [5, 5.41) is 9.86. The molecule has 5 atom stereocenters. The Morgan fingerprint density at radius 1 is 1.13 bits per heavy atom. The first kappa shape index (κ1) is 25.2. The number of nitrogens with zero attached hydrogens (tertiary/aromatic N) is 2. The number of amides is 3. The van der Waals surface area contributed by atoms with Gasteiger partial charge in [0.1, 0.15) is 11.5 Å². The molecule has 4 aliphatic heterocycles. The second-order valence-electron chi connectivity index (χ2n) is 10.4. The third kappa shape index (κ3) is 4.55. The lowest BCUT2D eigenvalue weighted by Gasteiger charge is -2.46. The minimum absolute atomic E-state index is 0.00341. The number of piperidine rings is 1. The Morgan fingerprint density at radius 3 is 2.71 bits per heavy atom. The Morgan fingerprint density at radius 2 is 1.95 bits per heavy atom. The van der Waals surface area contributed by atoms with Crippen molar-refractivity contribution in [1.29, 1.82) is 0 Å². The molecule has 3 N–H and O–H groups in total. The van der Waals surface area contributed by atoms with Crippen molar-refractivity contribution in [2.75, 3.05) is 38.7 Å². The molecule has 10 heteroatoms. The molecule has 9 nitrogen and oxygen atoms in total. The van der Waals surface area contributed by atoms with E-state index in [1.807, 2.05) is 67.4 Å². The number of likely N-dealkylation sites (tertiary alicyclic amines) is 1. The van der Waals surface area contributed by atoms with E-state index in [1.165, 1.54) is 11.8 Å². The van der Waals surface area contributed by atoms with E-state index in [4.69, 9.17) is 9.47 Å². The van der Waals surface area contributed by atoms with Gasteiger partial charge in [-0.2, -0.15) is 0 Å². The molecular formula is C28H33N5O4S. The largest absolute Gasteiger partial charge is 0.457 e. The molecule has 3 amide bonds. The normalized spacial score (nSPS) is 28.8. The highest BCUT2D eigenvalue weighted by atomic mass is 32.2. The molecule has 0 aliphatic carbocycles. The Bertz CT molecular complexity index is 1270. The van der Waals surface area contributed by atoms with E-state index in [2.05, 4.69) is 20.9 Å². The molecule has 200 valence electrons. The summed E-state index contributed by atoms with van der Waals surface area (Å²) in [5.74, 6) is 1.34. The molecule has 4 aliphatic rings. The van der Waals surface area contributed by atoms with Crippen LogP contribution in [0.15, 0.2) is 59.1 Å². The Hall–Kier alpha value is -3.05. The molecule has 0 aromatic heterocycles. The summed E-state index contributed by atoms with van der Waals surface area (Å²) in [6.07, 6.45) is 0.747. The average Bonchev–Trinajstić information content (AvgIpc) is 3.46. The van der Waals surface area contributed by atoms with Crippen LogP contribution in [-0.4, -0.2) is 74.2 Å². The molecular weight excluding hydrogens is 502 g/mol. The number of hydrogen-bond donors (Lipinski definition) is 3. The lowest BCUT2D eigenvalue weighted by atomic mass is 9.86. The minimum atomic E-state index is -0.204. The summed E-state index contributed by atoms with van der Waals surface area (Å²) >= 11 is 1.52. The predicted molar refractivity (Wildman–Crippen MR) is 147 cm³/mol. The van der Waals surface area contributed by atoms with Crippen molar-refractivity contribution in [2.45, 2.75) is 36.9 Å². The number of ether oxygens (including phenoxy) is 2. The van der Waals surface area contributed by atoms with Crippen molar-refractivity contribution in [3.05, 3.63) is 64.7 Å². The first-order valence-electron chi connectivity index (χ1n) is 13.0. The SMILES string of the molecule is CO[C@@H]1CN(C)C[C@@H]1NC(=O)C1=C2NC(=O)N(c3ccc(Oc4ccccc4)cc3C)C3CCNC(S1)C23. The molecule has 3 saturated heterocycles. The number of nitrogens with one attached hydrogen (secondary N) is 3. The van der Waals surface area contributed by atoms with Crippen LogP contribution in [0.2, 0.25) is 0 Å². The zero-order valence-corrected chi connectivity index (χ0v) is 22.6. The zero-order chi connectivity index (χ0) is 26.4. The molecule has 0 radical (unpaired) electrons. The highest BCUT2D eigenvalue weighted by molar-refractivity contribution is 8.04. The molecule has 3 unspecified atom stereocenters. The van der Waals surface area contributed by atoms with Gasteiger partial charge in [0.05, 0.1) is 28.5 Å². The Labute approximate surface area is 226 Å². The van der Waals surface area contributed by atoms with Crippen LogP contribution in [0, 0.1) is 12.8 Å². The number of benzene rings is 2. The van der Waals surface area contributed by atoms with Gasteiger partial charge in [-0.25, -0.2) is 4.79 Å². The van der Waals surface area contributed by atoms with Gasteiger partial charge in [0.2, 0.25) is 0 Å². The van der Waals surface area contributed by atoms with Crippen molar-refractivity contribution >= 4 is 29.4 Å². The molecule has 6 rings (SSSR count). The third-order valence-electron chi connectivity index (χ3n) is 7.82. The summed E-state index contributed by atoms with van der Waals surface area (Å²) in [4.78, 5) is 31.6.